The van der Waals surface area contributed by atoms with Gasteiger partial charge in [0.15, 0.2) is 0 Å². The average Bonchev–Trinajstić information content (AvgIpc) is 3.30. The lowest BCUT2D eigenvalue weighted by atomic mass is 9.95. The second-order valence-corrected chi connectivity index (χ2v) is 8.25. The maximum Gasteiger partial charge on any atom is 0.217 e. The van der Waals surface area contributed by atoms with Crippen molar-refractivity contribution in [3.8, 4) is 23.0 Å². The van der Waals surface area contributed by atoms with Gasteiger partial charge >= 0.3 is 0 Å². The summed E-state index contributed by atoms with van der Waals surface area (Å²) in [6.07, 6.45) is 0.263. The number of rotatable bonds is 6. The summed E-state index contributed by atoms with van der Waals surface area (Å²) in [6, 6.07) is 19.6. The van der Waals surface area contributed by atoms with E-state index >= 15 is 0 Å². The Bertz CT molecular complexity index is 1210. The minimum Gasteiger partial charge on any atom is -0.497 e. The molecule has 0 N–H and O–H groups in total. The molecule has 6 nitrogen and oxygen atoms in total. The van der Waals surface area contributed by atoms with Crippen molar-refractivity contribution in [2.24, 2.45) is 5.10 Å². The largest absolute Gasteiger partial charge is 0.497 e. The number of halogens is 1. The second kappa shape index (κ2) is 8.87. The Kier molecular flexibility index (Phi) is 5.77. The Balaban J connectivity index is 1.58. The van der Waals surface area contributed by atoms with Gasteiger partial charge in [0.2, 0.25) is 6.23 Å². The Hall–Kier alpha value is -3.38. The minimum atomic E-state index is -0.467. The zero-order valence-corrected chi connectivity index (χ0v) is 19.5. The van der Waals surface area contributed by atoms with Gasteiger partial charge in [0.05, 0.1) is 43.2 Å². The predicted molar refractivity (Wildman–Crippen MR) is 128 cm³/mol. The number of fused-ring (bicyclic) bond motifs is 3. The van der Waals surface area contributed by atoms with E-state index in [9.17, 15) is 0 Å². The summed E-state index contributed by atoms with van der Waals surface area (Å²) in [5.74, 6) is 2.96. The molecule has 3 aromatic rings. The van der Waals surface area contributed by atoms with Crippen molar-refractivity contribution in [1.82, 2.24) is 5.01 Å². The van der Waals surface area contributed by atoms with E-state index in [1.807, 2.05) is 66.5 Å². The molecule has 7 heteroatoms. The molecule has 2 atom stereocenters. The Morgan fingerprint density at radius 2 is 1.82 bits per heavy atom. The number of benzene rings is 3. The molecule has 0 aromatic heterocycles. The van der Waals surface area contributed by atoms with Gasteiger partial charge in [-0.3, -0.25) is 0 Å². The van der Waals surface area contributed by atoms with Gasteiger partial charge < -0.3 is 18.9 Å². The van der Waals surface area contributed by atoms with Crippen LogP contribution < -0.4 is 18.9 Å². The zero-order chi connectivity index (χ0) is 22.9. The van der Waals surface area contributed by atoms with Gasteiger partial charge in [-0.25, -0.2) is 5.01 Å². The first kappa shape index (κ1) is 21.5. The number of hydrogen-bond donors (Lipinski definition) is 0. The third kappa shape index (κ3) is 3.85. The van der Waals surface area contributed by atoms with Crippen molar-refractivity contribution in [2.75, 3.05) is 20.8 Å². The van der Waals surface area contributed by atoms with Crippen LogP contribution in [0.25, 0.3) is 0 Å². The van der Waals surface area contributed by atoms with E-state index in [1.54, 1.807) is 14.2 Å². The number of ether oxygens (including phenoxy) is 4. The highest BCUT2D eigenvalue weighted by Crippen LogP contribution is 2.49. The van der Waals surface area contributed by atoms with Crippen LogP contribution in [0.1, 0.15) is 42.3 Å². The predicted octanol–water partition coefficient (Wildman–Crippen LogP) is 6.00. The molecule has 5 rings (SSSR count). The van der Waals surface area contributed by atoms with Crippen LogP contribution in [-0.4, -0.2) is 31.5 Å². The molecule has 0 radical (unpaired) electrons. The van der Waals surface area contributed by atoms with Gasteiger partial charge in [0, 0.05) is 12.0 Å². The van der Waals surface area contributed by atoms with Crippen LogP contribution in [0.5, 0.6) is 23.0 Å². The molecule has 0 aliphatic carbocycles. The first-order valence-electron chi connectivity index (χ1n) is 10.9. The van der Waals surface area contributed by atoms with Crippen molar-refractivity contribution >= 4 is 17.3 Å². The molecule has 0 amide bonds. The molecule has 2 aliphatic heterocycles. The van der Waals surface area contributed by atoms with Crippen LogP contribution >= 0.6 is 11.6 Å². The first-order valence-corrected chi connectivity index (χ1v) is 11.3. The smallest absolute Gasteiger partial charge is 0.217 e. The maximum absolute atomic E-state index is 6.47. The molecule has 0 bridgehead atoms. The Morgan fingerprint density at radius 1 is 1.00 bits per heavy atom. The number of hydrazone groups is 1. The van der Waals surface area contributed by atoms with Crippen LogP contribution in [0.3, 0.4) is 0 Å². The number of methoxy groups -OCH3 is 2. The van der Waals surface area contributed by atoms with E-state index in [2.05, 4.69) is 6.07 Å². The monoisotopic (exact) mass is 464 g/mol. The van der Waals surface area contributed by atoms with Crippen LogP contribution in [-0.2, 0) is 0 Å². The maximum atomic E-state index is 6.47. The third-order valence-corrected chi connectivity index (χ3v) is 6.26. The summed E-state index contributed by atoms with van der Waals surface area (Å²) in [5.41, 5.74) is 3.86. The SMILES string of the molecule is CCOc1ccc(C2=NN3[C@@H](c4cc(OC)ccc4OC)Oc4ccccc4[C@@H]3C2)cc1Cl. The van der Waals surface area contributed by atoms with Gasteiger partial charge in [0.25, 0.3) is 0 Å². The van der Waals surface area contributed by atoms with E-state index in [4.69, 9.17) is 35.6 Å². The topological polar surface area (TPSA) is 52.5 Å². The van der Waals surface area contributed by atoms with Crippen LogP contribution in [0.15, 0.2) is 65.8 Å². The molecule has 2 aliphatic rings. The molecular formula is C26H25ClN2O4. The molecule has 170 valence electrons. The van der Waals surface area contributed by atoms with Gasteiger partial charge in [-0.15, -0.1) is 0 Å². The van der Waals surface area contributed by atoms with Crippen molar-refractivity contribution in [1.29, 1.82) is 0 Å². The minimum absolute atomic E-state index is 0.0243. The fraction of sp³-hybridized carbons (Fsp3) is 0.269. The highest BCUT2D eigenvalue weighted by Gasteiger charge is 2.42. The molecule has 3 aromatic carbocycles. The summed E-state index contributed by atoms with van der Waals surface area (Å²) in [7, 11) is 3.30. The molecule has 0 saturated carbocycles. The van der Waals surface area contributed by atoms with Crippen LogP contribution in [0.2, 0.25) is 5.02 Å². The normalized spacial score (nSPS) is 18.7. The van der Waals surface area contributed by atoms with Gasteiger partial charge in [-0.2, -0.15) is 5.10 Å². The molecular weight excluding hydrogens is 440 g/mol. The summed E-state index contributed by atoms with van der Waals surface area (Å²) in [5, 5.41) is 7.60. The second-order valence-electron chi connectivity index (χ2n) is 7.84. The summed E-state index contributed by atoms with van der Waals surface area (Å²) in [6.45, 7) is 2.50. The average molecular weight is 465 g/mol. The fourth-order valence-electron chi connectivity index (χ4n) is 4.40. The first-order chi connectivity index (χ1) is 16.1. The van der Waals surface area contributed by atoms with Gasteiger partial charge in [-0.05, 0) is 55.0 Å². The van der Waals surface area contributed by atoms with Crippen LogP contribution in [0.4, 0.5) is 0 Å². The standard InChI is InChI=1S/C26H25ClN2O4/c1-4-32-25-11-9-16(13-20(25)27)21-15-22-18-7-5-6-8-24(18)33-26(29(22)28-21)19-14-17(30-2)10-12-23(19)31-3/h5-14,22,26H,4,15H2,1-3H3/t22-,26+/m0/s1. The lowest BCUT2D eigenvalue weighted by Gasteiger charge is -2.38. The lowest BCUT2D eigenvalue weighted by Crippen LogP contribution is -2.33. The Morgan fingerprint density at radius 3 is 2.58 bits per heavy atom. The number of nitrogens with zero attached hydrogens (tertiary/aromatic N) is 2. The summed E-state index contributed by atoms with van der Waals surface area (Å²) >= 11 is 6.47. The highest BCUT2D eigenvalue weighted by atomic mass is 35.5. The van der Waals surface area contributed by atoms with E-state index < -0.39 is 6.23 Å². The molecule has 2 heterocycles. The van der Waals surface area contributed by atoms with Gasteiger partial charge in [0.1, 0.15) is 23.0 Å². The van der Waals surface area contributed by atoms with Gasteiger partial charge in [-0.1, -0.05) is 29.8 Å². The van der Waals surface area contributed by atoms with Crippen molar-refractivity contribution in [2.45, 2.75) is 25.6 Å². The highest BCUT2D eigenvalue weighted by molar-refractivity contribution is 6.32. The van der Waals surface area contributed by atoms with Crippen molar-refractivity contribution in [3.63, 3.8) is 0 Å². The summed E-state index contributed by atoms with van der Waals surface area (Å²) < 4.78 is 23.2. The third-order valence-electron chi connectivity index (χ3n) is 5.97. The molecule has 0 saturated heterocycles. The van der Waals surface area contributed by atoms with E-state index in [0.29, 0.717) is 23.1 Å². The molecule has 33 heavy (non-hydrogen) atoms. The quantitative estimate of drug-likeness (QED) is 0.448. The molecule has 0 spiro atoms. The number of hydrogen-bond acceptors (Lipinski definition) is 6. The van der Waals surface area contributed by atoms with Crippen LogP contribution in [0, 0.1) is 0 Å². The van der Waals surface area contributed by atoms with Crippen molar-refractivity contribution < 1.29 is 18.9 Å². The summed E-state index contributed by atoms with van der Waals surface area (Å²) in [4.78, 5) is 0. The van der Waals surface area contributed by atoms with Crippen molar-refractivity contribution in [3.05, 3.63) is 82.4 Å². The van der Waals surface area contributed by atoms with E-state index in [-0.39, 0.29) is 6.04 Å². The molecule has 0 fully saturated rings. The Labute approximate surface area is 198 Å². The molecule has 0 unspecified atom stereocenters. The number of para-hydroxylation sites is 1. The van der Waals surface area contributed by atoms with E-state index in [0.717, 1.165) is 40.3 Å². The lowest BCUT2D eigenvalue weighted by molar-refractivity contribution is -0.0204. The fourth-order valence-corrected chi connectivity index (χ4v) is 4.63. The van der Waals surface area contributed by atoms with E-state index in [1.165, 1.54) is 0 Å². The zero-order valence-electron chi connectivity index (χ0n) is 18.7.